The molecule has 4 N–H and O–H groups in total. The van der Waals surface area contributed by atoms with E-state index in [9.17, 15) is 9.90 Å². The van der Waals surface area contributed by atoms with E-state index >= 15 is 0 Å². The lowest BCUT2D eigenvalue weighted by Gasteiger charge is -2.27. The minimum Gasteiger partial charge on any atom is -0.393 e. The number of nitrogens with one attached hydrogen (secondary N) is 1. The number of aryl methyl sites for hydroxylation is 1. The topological polar surface area (TPSA) is 119 Å². The van der Waals surface area contributed by atoms with Crippen molar-refractivity contribution in [1.82, 2.24) is 19.7 Å². The van der Waals surface area contributed by atoms with Crippen LogP contribution in [0, 0.1) is 6.92 Å². The number of benzene rings is 2. The molecule has 8 heteroatoms. The number of nitrogens with two attached hydrogens (primary N) is 1. The van der Waals surface area contributed by atoms with E-state index in [1.165, 1.54) is 0 Å². The van der Waals surface area contributed by atoms with E-state index in [4.69, 9.17) is 10.8 Å². The van der Waals surface area contributed by atoms with Crippen molar-refractivity contribution in [2.45, 2.75) is 44.8 Å². The van der Waals surface area contributed by atoms with Crippen molar-refractivity contribution in [3.8, 4) is 16.8 Å². The standard InChI is InChI=1S/C29H28N6O2/c1-17-27-23(19-14-18-4-2-3-5-25(18)32-16-19)12-13-31-29(27)35(34-17)21-8-11-24(28(30)37)26(15-21)33-20-6-9-22(36)10-7-20/h2-5,8,11-16,20,22,33,36H,6-7,9-10H2,1H3,(H2,30,37). The number of amides is 1. The molecule has 186 valence electrons. The van der Waals surface area contributed by atoms with E-state index in [0.717, 1.165) is 70.1 Å². The first kappa shape index (κ1) is 23.1. The molecule has 0 aliphatic heterocycles. The Morgan fingerprint density at radius 3 is 2.68 bits per heavy atom. The Kier molecular flexibility index (Phi) is 5.81. The summed E-state index contributed by atoms with van der Waals surface area (Å²) in [6.45, 7) is 1.97. The largest absolute Gasteiger partial charge is 0.393 e. The van der Waals surface area contributed by atoms with E-state index in [1.54, 1.807) is 12.3 Å². The second-order valence-corrected chi connectivity index (χ2v) is 9.71. The molecular weight excluding hydrogens is 464 g/mol. The Morgan fingerprint density at radius 1 is 1.05 bits per heavy atom. The Labute approximate surface area is 214 Å². The number of aromatic nitrogens is 4. The lowest BCUT2D eigenvalue weighted by Crippen LogP contribution is -2.29. The van der Waals surface area contributed by atoms with Gasteiger partial charge in [-0.1, -0.05) is 18.2 Å². The fraction of sp³-hybridized carbons (Fsp3) is 0.241. The first-order valence-electron chi connectivity index (χ1n) is 12.6. The number of aliphatic hydroxyl groups excluding tert-OH is 1. The molecule has 1 saturated carbocycles. The van der Waals surface area contributed by atoms with Gasteiger partial charge in [0.2, 0.25) is 0 Å². The van der Waals surface area contributed by atoms with Gasteiger partial charge in [0.1, 0.15) is 0 Å². The lowest BCUT2D eigenvalue weighted by atomic mass is 9.92. The average molecular weight is 493 g/mol. The molecule has 1 aliphatic rings. The van der Waals surface area contributed by atoms with Gasteiger partial charge in [0, 0.05) is 35.1 Å². The number of anilines is 1. The highest BCUT2D eigenvalue weighted by molar-refractivity contribution is 6.00. The van der Waals surface area contributed by atoms with Crippen molar-refractivity contribution in [2.75, 3.05) is 5.32 Å². The zero-order valence-corrected chi connectivity index (χ0v) is 20.6. The van der Waals surface area contributed by atoms with Crippen LogP contribution < -0.4 is 11.1 Å². The SMILES string of the molecule is Cc1nn(-c2ccc(C(N)=O)c(NC3CCC(O)CC3)c2)c2nccc(-c3cnc4ccccc4c3)c12. The van der Waals surface area contributed by atoms with Crippen LogP contribution in [-0.4, -0.2) is 42.9 Å². The van der Waals surface area contributed by atoms with E-state index < -0.39 is 5.91 Å². The summed E-state index contributed by atoms with van der Waals surface area (Å²) >= 11 is 0. The second-order valence-electron chi connectivity index (χ2n) is 9.71. The van der Waals surface area contributed by atoms with Gasteiger partial charge in [-0.05, 0) is 74.6 Å². The molecule has 0 radical (unpaired) electrons. The zero-order chi connectivity index (χ0) is 25.5. The maximum Gasteiger partial charge on any atom is 0.250 e. The van der Waals surface area contributed by atoms with E-state index in [2.05, 4.69) is 27.4 Å². The summed E-state index contributed by atoms with van der Waals surface area (Å²) in [6.07, 6.45) is 6.56. The summed E-state index contributed by atoms with van der Waals surface area (Å²) in [5.74, 6) is -0.490. The molecule has 6 rings (SSSR count). The summed E-state index contributed by atoms with van der Waals surface area (Å²) < 4.78 is 1.81. The number of primary amides is 1. The number of nitrogens with zero attached hydrogens (tertiary/aromatic N) is 4. The number of fused-ring (bicyclic) bond motifs is 2. The molecular formula is C29H28N6O2. The van der Waals surface area contributed by atoms with Crippen LogP contribution in [0.2, 0.25) is 0 Å². The summed E-state index contributed by atoms with van der Waals surface area (Å²) in [4.78, 5) is 21.5. The normalized spacial score (nSPS) is 17.8. The number of hydrogen-bond acceptors (Lipinski definition) is 6. The third-order valence-corrected chi connectivity index (χ3v) is 7.21. The van der Waals surface area contributed by atoms with Crippen LogP contribution in [0.25, 0.3) is 38.8 Å². The maximum absolute atomic E-state index is 12.2. The van der Waals surface area contributed by atoms with Gasteiger partial charge in [-0.15, -0.1) is 0 Å². The number of rotatable bonds is 5. The number of aliphatic hydroxyl groups is 1. The highest BCUT2D eigenvalue weighted by atomic mass is 16.3. The smallest absolute Gasteiger partial charge is 0.250 e. The number of carbonyl (C=O) groups is 1. The van der Waals surface area contributed by atoms with Crippen molar-refractivity contribution < 1.29 is 9.90 Å². The molecule has 0 spiro atoms. The summed E-state index contributed by atoms with van der Waals surface area (Å²) in [7, 11) is 0. The van der Waals surface area contributed by atoms with Crippen LogP contribution in [0.15, 0.2) is 67.0 Å². The van der Waals surface area contributed by atoms with Gasteiger partial charge in [-0.25, -0.2) is 9.67 Å². The molecule has 37 heavy (non-hydrogen) atoms. The Morgan fingerprint density at radius 2 is 1.86 bits per heavy atom. The van der Waals surface area contributed by atoms with Gasteiger partial charge in [0.15, 0.2) is 5.65 Å². The van der Waals surface area contributed by atoms with Crippen molar-refractivity contribution >= 4 is 33.5 Å². The molecule has 8 nitrogen and oxygen atoms in total. The monoisotopic (exact) mass is 492 g/mol. The van der Waals surface area contributed by atoms with Gasteiger partial charge in [-0.3, -0.25) is 9.78 Å². The van der Waals surface area contributed by atoms with Crippen molar-refractivity contribution in [3.05, 3.63) is 78.2 Å². The molecule has 0 unspecified atom stereocenters. The summed E-state index contributed by atoms with van der Waals surface area (Å²) in [5, 5.41) is 20.2. The van der Waals surface area contributed by atoms with E-state index in [-0.39, 0.29) is 12.1 Å². The van der Waals surface area contributed by atoms with Crippen molar-refractivity contribution in [2.24, 2.45) is 5.73 Å². The molecule has 5 aromatic rings. The van der Waals surface area contributed by atoms with E-state index in [0.29, 0.717) is 11.3 Å². The highest BCUT2D eigenvalue weighted by Crippen LogP contribution is 2.33. The number of carbonyl (C=O) groups excluding carboxylic acids is 1. The third-order valence-electron chi connectivity index (χ3n) is 7.21. The Hall–Kier alpha value is -4.30. The second kappa shape index (κ2) is 9.29. The molecule has 0 saturated heterocycles. The number of para-hydroxylation sites is 1. The summed E-state index contributed by atoms with van der Waals surface area (Å²) in [5.41, 5.74) is 12.1. The minimum absolute atomic E-state index is 0.165. The fourth-order valence-corrected chi connectivity index (χ4v) is 5.29. The molecule has 2 aromatic carbocycles. The molecule has 0 atom stereocenters. The van der Waals surface area contributed by atoms with Crippen LogP contribution in [-0.2, 0) is 0 Å². The predicted molar refractivity (Wildman–Crippen MR) is 145 cm³/mol. The third kappa shape index (κ3) is 4.29. The minimum atomic E-state index is -0.490. The fourth-order valence-electron chi connectivity index (χ4n) is 5.29. The van der Waals surface area contributed by atoms with Crippen LogP contribution in [0.1, 0.15) is 41.7 Å². The van der Waals surface area contributed by atoms with Crippen LogP contribution in [0.5, 0.6) is 0 Å². The average Bonchev–Trinajstić information content (AvgIpc) is 3.26. The molecule has 0 bridgehead atoms. The van der Waals surface area contributed by atoms with Crippen LogP contribution in [0.3, 0.4) is 0 Å². The van der Waals surface area contributed by atoms with Gasteiger partial charge < -0.3 is 16.2 Å². The number of pyridine rings is 2. The predicted octanol–water partition coefficient (Wildman–Crippen LogP) is 4.76. The van der Waals surface area contributed by atoms with Crippen molar-refractivity contribution in [3.63, 3.8) is 0 Å². The van der Waals surface area contributed by atoms with Crippen LogP contribution >= 0.6 is 0 Å². The van der Waals surface area contributed by atoms with Crippen molar-refractivity contribution in [1.29, 1.82) is 0 Å². The Bertz CT molecular complexity index is 1630. The quantitative estimate of drug-likeness (QED) is 0.326. The molecule has 1 aliphatic carbocycles. The Balaban J connectivity index is 1.43. The van der Waals surface area contributed by atoms with Gasteiger partial charge in [0.25, 0.3) is 5.91 Å². The van der Waals surface area contributed by atoms with Gasteiger partial charge >= 0.3 is 0 Å². The summed E-state index contributed by atoms with van der Waals surface area (Å²) in [6, 6.07) is 17.8. The molecule has 3 heterocycles. The van der Waals surface area contributed by atoms with Gasteiger partial charge in [-0.2, -0.15) is 5.10 Å². The van der Waals surface area contributed by atoms with E-state index in [1.807, 2.05) is 54.2 Å². The number of hydrogen-bond donors (Lipinski definition) is 3. The molecule has 1 amide bonds. The highest BCUT2D eigenvalue weighted by Gasteiger charge is 2.22. The zero-order valence-electron chi connectivity index (χ0n) is 20.6. The lowest BCUT2D eigenvalue weighted by molar-refractivity contribution is 0.100. The maximum atomic E-state index is 12.2. The van der Waals surface area contributed by atoms with Gasteiger partial charge in [0.05, 0.1) is 34.0 Å². The molecule has 1 fully saturated rings. The van der Waals surface area contributed by atoms with Crippen LogP contribution in [0.4, 0.5) is 5.69 Å². The first-order chi connectivity index (χ1) is 18.0. The molecule has 3 aromatic heterocycles. The first-order valence-corrected chi connectivity index (χ1v) is 12.6.